The van der Waals surface area contributed by atoms with Crippen LogP contribution in [0.4, 0.5) is 0 Å². The highest BCUT2D eigenvalue weighted by molar-refractivity contribution is 5.94. The number of nitrogens with zero attached hydrogens (tertiary/aromatic N) is 1. The van der Waals surface area contributed by atoms with Crippen LogP contribution in [0.15, 0.2) is 77.7 Å². The molecule has 0 bridgehead atoms. The van der Waals surface area contributed by atoms with Crippen molar-refractivity contribution >= 4 is 11.7 Å². The molecule has 5 heteroatoms. The number of benzene rings is 2. The summed E-state index contributed by atoms with van der Waals surface area (Å²) in [6.45, 7) is 1.92. The molecule has 0 saturated carbocycles. The van der Waals surface area contributed by atoms with Crippen molar-refractivity contribution in [1.29, 1.82) is 5.26 Å². The number of allylic oxidation sites excluding steroid dienone is 1. The van der Waals surface area contributed by atoms with Crippen LogP contribution in [0.1, 0.15) is 24.0 Å². The molecule has 2 aromatic carbocycles. The first-order valence-electron chi connectivity index (χ1n) is 8.26. The fraction of sp³-hybridized carbons (Fsp3) is 0.143. The summed E-state index contributed by atoms with van der Waals surface area (Å²) >= 11 is 0. The quantitative estimate of drug-likeness (QED) is 0.857. The average Bonchev–Trinajstić information content (AvgIpc) is 2.68. The van der Waals surface area contributed by atoms with Gasteiger partial charge in [-0.1, -0.05) is 60.7 Å². The molecule has 0 spiro atoms. The summed E-state index contributed by atoms with van der Waals surface area (Å²) in [5.41, 5.74) is 8.05. The highest BCUT2D eigenvalue weighted by Gasteiger charge is 2.37. The van der Waals surface area contributed by atoms with Gasteiger partial charge in [-0.15, -0.1) is 0 Å². The minimum atomic E-state index is -0.649. The van der Waals surface area contributed by atoms with E-state index >= 15 is 0 Å². The predicted octanol–water partition coefficient (Wildman–Crippen LogP) is 3.47. The second-order valence-corrected chi connectivity index (χ2v) is 5.66. The van der Waals surface area contributed by atoms with Crippen LogP contribution < -0.4 is 5.73 Å². The Balaban J connectivity index is 2.21. The molecule has 1 aliphatic heterocycles. The Bertz CT molecular complexity index is 909. The molecular weight excluding hydrogens is 328 g/mol. The first-order chi connectivity index (χ1) is 12.7. The number of ether oxygens (including phenoxy) is 2. The van der Waals surface area contributed by atoms with Crippen molar-refractivity contribution in [2.45, 2.75) is 12.8 Å². The molecule has 1 atom stereocenters. The number of rotatable bonds is 4. The summed E-state index contributed by atoms with van der Waals surface area (Å²) in [4.78, 5) is 12.5. The van der Waals surface area contributed by atoms with Gasteiger partial charge < -0.3 is 15.2 Å². The van der Waals surface area contributed by atoms with E-state index in [-0.39, 0.29) is 18.1 Å². The average molecular weight is 346 g/mol. The zero-order valence-electron chi connectivity index (χ0n) is 14.3. The Labute approximate surface area is 152 Å². The second-order valence-electron chi connectivity index (χ2n) is 5.66. The minimum Gasteiger partial charge on any atom is -0.462 e. The normalized spacial score (nSPS) is 16.7. The minimum absolute atomic E-state index is 0.0462. The maximum atomic E-state index is 12.5. The van der Waals surface area contributed by atoms with Crippen LogP contribution in [-0.2, 0) is 14.3 Å². The van der Waals surface area contributed by atoms with Crippen molar-refractivity contribution in [2.75, 3.05) is 6.61 Å². The van der Waals surface area contributed by atoms with Gasteiger partial charge in [0.25, 0.3) is 0 Å². The van der Waals surface area contributed by atoms with Crippen LogP contribution in [0.3, 0.4) is 0 Å². The van der Waals surface area contributed by atoms with Gasteiger partial charge in [0.15, 0.2) is 5.76 Å². The lowest BCUT2D eigenvalue weighted by Gasteiger charge is -2.28. The molecule has 0 saturated heterocycles. The Morgan fingerprint density at radius 2 is 1.77 bits per heavy atom. The summed E-state index contributed by atoms with van der Waals surface area (Å²) in [7, 11) is 0. The van der Waals surface area contributed by atoms with E-state index in [1.165, 1.54) is 0 Å². The Kier molecular flexibility index (Phi) is 5.04. The number of esters is 1. The van der Waals surface area contributed by atoms with Gasteiger partial charge in [0.1, 0.15) is 5.57 Å². The SMILES string of the molecule is CCOC(=O)C1=C(N)OC(c2ccccc2)=C(C#N)[C@H]1c1ccccc1. The van der Waals surface area contributed by atoms with Gasteiger partial charge in [-0.3, -0.25) is 0 Å². The largest absolute Gasteiger partial charge is 0.462 e. The van der Waals surface area contributed by atoms with E-state index in [0.29, 0.717) is 11.3 Å². The van der Waals surface area contributed by atoms with E-state index in [9.17, 15) is 10.1 Å². The molecule has 0 amide bonds. The van der Waals surface area contributed by atoms with Crippen molar-refractivity contribution in [3.63, 3.8) is 0 Å². The molecule has 5 nitrogen and oxygen atoms in total. The summed E-state index contributed by atoms with van der Waals surface area (Å²) in [6, 6.07) is 20.7. The van der Waals surface area contributed by atoms with E-state index in [0.717, 1.165) is 11.1 Å². The van der Waals surface area contributed by atoms with Crippen molar-refractivity contribution in [2.24, 2.45) is 5.73 Å². The maximum absolute atomic E-state index is 12.5. The smallest absolute Gasteiger partial charge is 0.340 e. The zero-order chi connectivity index (χ0) is 18.5. The van der Waals surface area contributed by atoms with Crippen LogP contribution in [0.2, 0.25) is 0 Å². The molecule has 2 N–H and O–H groups in total. The van der Waals surface area contributed by atoms with Crippen LogP contribution in [0, 0.1) is 11.3 Å². The van der Waals surface area contributed by atoms with Crippen LogP contribution >= 0.6 is 0 Å². The van der Waals surface area contributed by atoms with Gasteiger partial charge in [0, 0.05) is 5.56 Å². The number of nitrogens with two attached hydrogens (primary N) is 1. The third-order valence-corrected chi connectivity index (χ3v) is 4.08. The van der Waals surface area contributed by atoms with Gasteiger partial charge in [0.05, 0.1) is 24.2 Å². The molecule has 0 aliphatic carbocycles. The third-order valence-electron chi connectivity index (χ3n) is 4.08. The maximum Gasteiger partial charge on any atom is 0.340 e. The van der Waals surface area contributed by atoms with Gasteiger partial charge in [-0.2, -0.15) is 5.26 Å². The van der Waals surface area contributed by atoms with Crippen molar-refractivity contribution < 1.29 is 14.3 Å². The lowest BCUT2D eigenvalue weighted by Crippen LogP contribution is -2.26. The second kappa shape index (κ2) is 7.58. The Morgan fingerprint density at radius 1 is 1.15 bits per heavy atom. The first-order valence-corrected chi connectivity index (χ1v) is 8.26. The van der Waals surface area contributed by atoms with Crippen LogP contribution in [0.25, 0.3) is 5.76 Å². The number of nitriles is 1. The topological polar surface area (TPSA) is 85.3 Å². The summed E-state index contributed by atoms with van der Waals surface area (Å²) < 4.78 is 10.9. The van der Waals surface area contributed by atoms with Gasteiger partial charge in [-0.05, 0) is 12.5 Å². The number of hydrogen-bond acceptors (Lipinski definition) is 5. The van der Waals surface area contributed by atoms with E-state index < -0.39 is 11.9 Å². The zero-order valence-corrected chi connectivity index (χ0v) is 14.3. The number of carbonyl (C=O) groups excluding carboxylic acids is 1. The lowest BCUT2D eigenvalue weighted by atomic mass is 9.82. The summed E-state index contributed by atoms with van der Waals surface area (Å²) in [5, 5.41) is 9.87. The molecule has 130 valence electrons. The van der Waals surface area contributed by atoms with Gasteiger partial charge >= 0.3 is 5.97 Å². The number of carbonyl (C=O) groups is 1. The highest BCUT2D eigenvalue weighted by Crippen LogP contribution is 2.42. The third kappa shape index (κ3) is 3.17. The molecule has 0 radical (unpaired) electrons. The molecule has 3 rings (SSSR count). The molecule has 2 aromatic rings. The van der Waals surface area contributed by atoms with Crippen LogP contribution in [0.5, 0.6) is 0 Å². The van der Waals surface area contributed by atoms with E-state index in [1.807, 2.05) is 60.7 Å². The fourth-order valence-electron chi connectivity index (χ4n) is 2.96. The highest BCUT2D eigenvalue weighted by atomic mass is 16.5. The van der Waals surface area contributed by atoms with Crippen molar-refractivity contribution in [3.05, 3.63) is 88.8 Å². The van der Waals surface area contributed by atoms with E-state index in [1.54, 1.807) is 6.92 Å². The van der Waals surface area contributed by atoms with Gasteiger partial charge in [0.2, 0.25) is 5.88 Å². The molecule has 1 heterocycles. The Hall–Kier alpha value is -3.52. The van der Waals surface area contributed by atoms with E-state index in [2.05, 4.69) is 6.07 Å². The summed E-state index contributed by atoms with van der Waals surface area (Å²) in [6.07, 6.45) is 0. The number of hydrogen-bond donors (Lipinski definition) is 1. The van der Waals surface area contributed by atoms with Gasteiger partial charge in [-0.25, -0.2) is 4.79 Å². The van der Waals surface area contributed by atoms with E-state index in [4.69, 9.17) is 15.2 Å². The van der Waals surface area contributed by atoms with Crippen molar-refractivity contribution in [1.82, 2.24) is 0 Å². The molecular formula is C21H18N2O3. The molecule has 1 aliphatic rings. The molecule has 0 unspecified atom stereocenters. The molecule has 0 aromatic heterocycles. The first kappa shape index (κ1) is 17.3. The predicted molar refractivity (Wildman–Crippen MR) is 97.1 cm³/mol. The fourth-order valence-corrected chi connectivity index (χ4v) is 2.96. The lowest BCUT2D eigenvalue weighted by molar-refractivity contribution is -0.139. The standard InChI is InChI=1S/C21H18N2O3/c1-2-25-21(24)18-17(14-9-5-3-6-10-14)16(13-22)19(26-20(18)23)15-11-7-4-8-12-15/h3-12,17H,2,23H2,1H3/t17-/m1/s1. The molecule has 0 fully saturated rings. The van der Waals surface area contributed by atoms with Crippen molar-refractivity contribution in [3.8, 4) is 6.07 Å². The monoisotopic (exact) mass is 346 g/mol. The summed E-state index contributed by atoms with van der Waals surface area (Å²) in [5.74, 6) is -0.925. The van der Waals surface area contributed by atoms with Crippen LogP contribution in [-0.4, -0.2) is 12.6 Å². The molecule has 26 heavy (non-hydrogen) atoms. The Morgan fingerprint density at radius 3 is 2.35 bits per heavy atom.